The minimum atomic E-state index is -0.487. The Morgan fingerprint density at radius 3 is 2.67 bits per heavy atom. The third kappa shape index (κ3) is 2.30. The van der Waals surface area contributed by atoms with Gasteiger partial charge >= 0.3 is 0 Å². The Bertz CT molecular complexity index is 1110. The SMILES string of the molecule is O=[N+]([O-])c1ccc2cc(-c3ncc4ccccc4n3)cc(O)c2c1. The predicted octanol–water partition coefficient (Wildman–Crippen LogP) is 4.06. The molecule has 0 atom stereocenters. The molecule has 0 saturated carbocycles. The number of phenols is 1. The van der Waals surface area contributed by atoms with Crippen LogP contribution in [0.15, 0.2) is 60.8 Å². The molecule has 0 aliphatic rings. The van der Waals surface area contributed by atoms with E-state index in [9.17, 15) is 15.2 Å². The molecule has 0 fully saturated rings. The van der Waals surface area contributed by atoms with E-state index in [1.165, 1.54) is 18.2 Å². The summed E-state index contributed by atoms with van der Waals surface area (Å²) in [6, 6.07) is 15.3. The van der Waals surface area contributed by atoms with E-state index in [2.05, 4.69) is 9.97 Å². The summed E-state index contributed by atoms with van der Waals surface area (Å²) in [5.41, 5.74) is 1.40. The van der Waals surface area contributed by atoms with E-state index >= 15 is 0 Å². The van der Waals surface area contributed by atoms with Crippen LogP contribution in [-0.2, 0) is 0 Å². The maximum Gasteiger partial charge on any atom is 0.270 e. The summed E-state index contributed by atoms with van der Waals surface area (Å²) >= 11 is 0. The minimum absolute atomic E-state index is 0.0389. The summed E-state index contributed by atoms with van der Waals surface area (Å²) < 4.78 is 0. The Labute approximate surface area is 136 Å². The number of phenolic OH excluding ortho intramolecular Hbond substituents is 1. The molecule has 1 heterocycles. The summed E-state index contributed by atoms with van der Waals surface area (Å²) in [5.74, 6) is 0.451. The van der Waals surface area contributed by atoms with Gasteiger partial charge in [0, 0.05) is 34.7 Å². The maximum absolute atomic E-state index is 10.9. The first kappa shape index (κ1) is 14.1. The van der Waals surface area contributed by atoms with Crippen molar-refractivity contribution in [2.75, 3.05) is 0 Å². The number of hydrogen-bond donors (Lipinski definition) is 1. The molecule has 0 bridgehead atoms. The first-order chi connectivity index (χ1) is 11.6. The summed E-state index contributed by atoms with van der Waals surface area (Å²) in [6.45, 7) is 0. The standard InChI is InChI=1S/C18H11N3O3/c22-17-8-13(7-11-5-6-14(21(23)24)9-15(11)17)18-19-10-12-3-1-2-4-16(12)20-18/h1-10,22H. The summed E-state index contributed by atoms with van der Waals surface area (Å²) in [4.78, 5) is 19.2. The van der Waals surface area contributed by atoms with Crippen LogP contribution in [-0.4, -0.2) is 20.0 Å². The van der Waals surface area contributed by atoms with Crippen LogP contribution < -0.4 is 0 Å². The fourth-order valence-electron chi connectivity index (χ4n) is 2.68. The second kappa shape index (κ2) is 5.27. The summed E-state index contributed by atoms with van der Waals surface area (Å²) in [6.07, 6.45) is 1.73. The van der Waals surface area contributed by atoms with Crippen LogP contribution in [0, 0.1) is 10.1 Å². The van der Waals surface area contributed by atoms with Crippen molar-refractivity contribution in [3.63, 3.8) is 0 Å². The Morgan fingerprint density at radius 2 is 1.83 bits per heavy atom. The van der Waals surface area contributed by atoms with Crippen molar-refractivity contribution in [2.45, 2.75) is 0 Å². The molecule has 0 unspecified atom stereocenters. The van der Waals surface area contributed by atoms with Crippen LogP contribution in [0.5, 0.6) is 5.75 Å². The van der Waals surface area contributed by atoms with Gasteiger partial charge in [-0.2, -0.15) is 0 Å². The lowest BCUT2D eigenvalue weighted by Gasteiger charge is -2.06. The van der Waals surface area contributed by atoms with Crippen LogP contribution in [0.3, 0.4) is 0 Å². The summed E-state index contributed by atoms with van der Waals surface area (Å²) in [7, 11) is 0. The third-order valence-corrected chi connectivity index (χ3v) is 3.87. The van der Waals surface area contributed by atoms with E-state index in [4.69, 9.17) is 0 Å². The van der Waals surface area contributed by atoms with Crippen LogP contribution >= 0.6 is 0 Å². The van der Waals surface area contributed by atoms with Gasteiger partial charge in [0.25, 0.3) is 5.69 Å². The fraction of sp³-hybridized carbons (Fsp3) is 0. The van der Waals surface area contributed by atoms with E-state index in [0.717, 1.165) is 10.9 Å². The molecule has 6 heteroatoms. The molecule has 0 saturated heterocycles. The van der Waals surface area contributed by atoms with Gasteiger partial charge in [0.1, 0.15) is 5.75 Å². The van der Waals surface area contributed by atoms with E-state index in [0.29, 0.717) is 22.2 Å². The normalized spacial score (nSPS) is 11.0. The van der Waals surface area contributed by atoms with Crippen LogP contribution in [0.25, 0.3) is 33.1 Å². The molecule has 1 N–H and O–H groups in total. The highest BCUT2D eigenvalue weighted by atomic mass is 16.6. The number of aromatic nitrogens is 2. The van der Waals surface area contributed by atoms with Gasteiger partial charge in [-0.1, -0.05) is 18.2 Å². The first-order valence-electron chi connectivity index (χ1n) is 7.25. The van der Waals surface area contributed by atoms with Crippen LogP contribution in [0.1, 0.15) is 0 Å². The monoisotopic (exact) mass is 317 g/mol. The molecule has 0 spiro atoms. The van der Waals surface area contributed by atoms with E-state index in [1.54, 1.807) is 12.3 Å². The van der Waals surface area contributed by atoms with Gasteiger partial charge in [-0.05, 0) is 29.7 Å². The van der Waals surface area contributed by atoms with Crippen molar-refractivity contribution in [1.29, 1.82) is 0 Å². The molecule has 4 aromatic rings. The number of para-hydroxylation sites is 1. The molecule has 1 aromatic heterocycles. The maximum atomic E-state index is 10.9. The van der Waals surface area contributed by atoms with Gasteiger partial charge in [0.15, 0.2) is 5.82 Å². The quantitative estimate of drug-likeness (QED) is 0.445. The number of rotatable bonds is 2. The Balaban J connectivity index is 1.89. The molecular formula is C18H11N3O3. The van der Waals surface area contributed by atoms with Crippen LogP contribution in [0.2, 0.25) is 0 Å². The molecule has 4 rings (SSSR count). The largest absolute Gasteiger partial charge is 0.507 e. The minimum Gasteiger partial charge on any atom is -0.507 e. The van der Waals surface area contributed by atoms with Crippen molar-refractivity contribution >= 4 is 27.4 Å². The van der Waals surface area contributed by atoms with Crippen molar-refractivity contribution in [2.24, 2.45) is 0 Å². The van der Waals surface area contributed by atoms with Gasteiger partial charge in [0.2, 0.25) is 0 Å². The van der Waals surface area contributed by atoms with Gasteiger partial charge in [0.05, 0.1) is 10.4 Å². The highest BCUT2D eigenvalue weighted by Crippen LogP contribution is 2.33. The molecule has 0 aliphatic carbocycles. The number of nitro groups is 1. The van der Waals surface area contributed by atoms with Crippen molar-refractivity contribution < 1.29 is 10.0 Å². The smallest absolute Gasteiger partial charge is 0.270 e. The number of fused-ring (bicyclic) bond motifs is 2. The van der Waals surface area contributed by atoms with Gasteiger partial charge in [-0.25, -0.2) is 9.97 Å². The molecule has 116 valence electrons. The lowest BCUT2D eigenvalue weighted by atomic mass is 10.0. The number of aromatic hydroxyl groups is 1. The lowest BCUT2D eigenvalue weighted by molar-refractivity contribution is -0.384. The molecule has 0 radical (unpaired) electrons. The van der Waals surface area contributed by atoms with Crippen molar-refractivity contribution in [3.05, 3.63) is 70.9 Å². The van der Waals surface area contributed by atoms with Crippen molar-refractivity contribution in [3.8, 4) is 17.1 Å². The zero-order chi connectivity index (χ0) is 16.7. The number of nitrogens with zero attached hydrogens (tertiary/aromatic N) is 3. The van der Waals surface area contributed by atoms with Gasteiger partial charge in [-0.15, -0.1) is 0 Å². The third-order valence-electron chi connectivity index (χ3n) is 3.87. The number of benzene rings is 3. The average molecular weight is 317 g/mol. The van der Waals surface area contributed by atoms with E-state index in [-0.39, 0.29) is 11.4 Å². The molecular weight excluding hydrogens is 306 g/mol. The fourth-order valence-corrected chi connectivity index (χ4v) is 2.68. The van der Waals surface area contributed by atoms with Crippen LogP contribution in [0.4, 0.5) is 5.69 Å². The molecule has 3 aromatic carbocycles. The molecule has 24 heavy (non-hydrogen) atoms. The molecule has 0 aliphatic heterocycles. The van der Waals surface area contributed by atoms with E-state index < -0.39 is 4.92 Å². The lowest BCUT2D eigenvalue weighted by Crippen LogP contribution is -1.91. The van der Waals surface area contributed by atoms with E-state index in [1.807, 2.05) is 30.3 Å². The average Bonchev–Trinajstić information content (AvgIpc) is 2.61. The Morgan fingerprint density at radius 1 is 1.00 bits per heavy atom. The molecule has 6 nitrogen and oxygen atoms in total. The predicted molar refractivity (Wildman–Crippen MR) is 90.8 cm³/mol. The number of non-ortho nitro benzene ring substituents is 1. The molecule has 0 amide bonds. The van der Waals surface area contributed by atoms with Crippen molar-refractivity contribution in [1.82, 2.24) is 9.97 Å². The number of nitro benzene ring substituents is 1. The zero-order valence-corrected chi connectivity index (χ0v) is 12.4. The topological polar surface area (TPSA) is 89.2 Å². The summed E-state index contributed by atoms with van der Waals surface area (Å²) in [5, 5.41) is 23.2. The second-order valence-electron chi connectivity index (χ2n) is 5.41. The van der Waals surface area contributed by atoms with Gasteiger partial charge < -0.3 is 5.11 Å². The van der Waals surface area contributed by atoms with Gasteiger partial charge in [-0.3, -0.25) is 10.1 Å². The highest BCUT2D eigenvalue weighted by molar-refractivity contribution is 5.93. The number of hydrogen-bond acceptors (Lipinski definition) is 5. The zero-order valence-electron chi connectivity index (χ0n) is 12.4. The Hall–Kier alpha value is -3.54. The second-order valence-corrected chi connectivity index (χ2v) is 5.41. The Kier molecular flexibility index (Phi) is 3.09. The highest BCUT2D eigenvalue weighted by Gasteiger charge is 2.12. The first-order valence-corrected chi connectivity index (χ1v) is 7.25.